The maximum absolute atomic E-state index is 12.7. The van der Waals surface area contributed by atoms with E-state index in [1.54, 1.807) is 0 Å². The Hall–Kier alpha value is -3.14. The quantitative estimate of drug-likeness (QED) is 0.638. The molecule has 1 aliphatic heterocycles. The van der Waals surface area contributed by atoms with Crippen molar-refractivity contribution in [2.24, 2.45) is 12.1 Å². The van der Waals surface area contributed by atoms with E-state index in [0.717, 1.165) is 20.5 Å². The van der Waals surface area contributed by atoms with Crippen molar-refractivity contribution >= 4 is 29.5 Å². The van der Waals surface area contributed by atoms with Crippen LogP contribution in [0, 0.1) is 0 Å². The van der Waals surface area contributed by atoms with Gasteiger partial charge in [0.05, 0.1) is 5.02 Å². The lowest BCUT2D eigenvalue weighted by atomic mass is 10.00. The number of carbonyl (C=O) groups is 2. The first-order valence-corrected chi connectivity index (χ1v) is 7.37. The Kier molecular flexibility index (Phi) is 4.05. The second-order valence-electron chi connectivity index (χ2n) is 5.20. The Labute approximate surface area is 145 Å². The summed E-state index contributed by atoms with van der Waals surface area (Å²) < 4.78 is 1.64. The Morgan fingerprint density at radius 1 is 1.12 bits per heavy atom. The standard InChI is InChI=1S/C14H11ClN6O4/c1-19-13(24)11(22)8(6-17-19)10-12(23)21(14(25)20(2)18-10)9-4-3-7(15)5-16-9/h3-6,8H,1-2H3. The molecule has 0 radical (unpaired) electrons. The second kappa shape index (κ2) is 6.06. The van der Waals surface area contributed by atoms with Gasteiger partial charge in [0.2, 0.25) is 5.78 Å². The maximum atomic E-state index is 12.7. The van der Waals surface area contributed by atoms with Crippen molar-refractivity contribution in [3.05, 3.63) is 49.9 Å². The molecule has 0 spiro atoms. The van der Waals surface area contributed by atoms with E-state index in [-0.39, 0.29) is 11.5 Å². The zero-order valence-corrected chi connectivity index (χ0v) is 13.8. The maximum Gasteiger partial charge on any atom is 0.353 e. The van der Waals surface area contributed by atoms with Gasteiger partial charge in [-0.25, -0.2) is 24.0 Å². The molecule has 128 valence electrons. The summed E-state index contributed by atoms with van der Waals surface area (Å²) in [4.78, 5) is 53.0. The normalized spacial score (nSPS) is 17.2. The number of hydrazone groups is 1. The van der Waals surface area contributed by atoms with Gasteiger partial charge < -0.3 is 0 Å². The van der Waals surface area contributed by atoms with E-state index in [2.05, 4.69) is 15.2 Å². The zero-order chi connectivity index (χ0) is 18.3. The molecule has 1 atom stereocenters. The fourth-order valence-electron chi connectivity index (χ4n) is 2.26. The van der Waals surface area contributed by atoms with E-state index in [1.807, 2.05) is 0 Å². The van der Waals surface area contributed by atoms with E-state index in [1.165, 1.54) is 32.4 Å². The molecule has 1 unspecified atom stereocenters. The molecule has 0 aromatic carbocycles. The van der Waals surface area contributed by atoms with Gasteiger partial charge in [-0.3, -0.25) is 14.4 Å². The molecule has 0 N–H and O–H groups in total. The molecule has 11 heteroatoms. The van der Waals surface area contributed by atoms with Crippen molar-refractivity contribution in [3.63, 3.8) is 0 Å². The lowest BCUT2D eigenvalue weighted by molar-refractivity contribution is -0.144. The monoisotopic (exact) mass is 362 g/mol. The van der Waals surface area contributed by atoms with E-state index < -0.39 is 28.9 Å². The number of hydrogen-bond donors (Lipinski definition) is 0. The minimum absolute atomic E-state index is 0.0160. The number of rotatable bonds is 2. The number of Topliss-reactive ketones (excluding diaryl/α,β-unsaturated/α-hetero) is 1. The smallest absolute Gasteiger partial charge is 0.287 e. The molecule has 0 saturated heterocycles. The molecule has 2 aromatic heterocycles. The summed E-state index contributed by atoms with van der Waals surface area (Å²) >= 11 is 5.76. The first kappa shape index (κ1) is 16.7. The number of hydrogen-bond acceptors (Lipinski definition) is 7. The first-order chi connectivity index (χ1) is 11.8. The third-order valence-corrected chi connectivity index (χ3v) is 3.78. The lowest BCUT2D eigenvalue weighted by Crippen LogP contribution is -2.46. The summed E-state index contributed by atoms with van der Waals surface area (Å²) in [6, 6.07) is 2.84. The Bertz CT molecular complexity index is 1020. The van der Waals surface area contributed by atoms with Crippen LogP contribution in [0.4, 0.5) is 0 Å². The fraction of sp³-hybridized carbons (Fsp3) is 0.214. The Morgan fingerprint density at radius 3 is 2.48 bits per heavy atom. The fourth-order valence-corrected chi connectivity index (χ4v) is 2.38. The average molecular weight is 363 g/mol. The van der Waals surface area contributed by atoms with Crippen molar-refractivity contribution < 1.29 is 9.59 Å². The number of aromatic nitrogens is 4. The molecular formula is C14H11ClN6O4. The molecule has 3 heterocycles. The highest BCUT2D eigenvalue weighted by Crippen LogP contribution is 2.14. The van der Waals surface area contributed by atoms with Crippen LogP contribution in [0.2, 0.25) is 5.02 Å². The van der Waals surface area contributed by atoms with Gasteiger partial charge in [-0.15, -0.1) is 0 Å². The van der Waals surface area contributed by atoms with Gasteiger partial charge in [0.25, 0.3) is 5.56 Å². The van der Waals surface area contributed by atoms with Crippen molar-refractivity contribution in [2.45, 2.75) is 5.92 Å². The topological polar surface area (TPSA) is 120 Å². The minimum Gasteiger partial charge on any atom is -0.287 e. The summed E-state index contributed by atoms with van der Waals surface area (Å²) in [7, 11) is 2.63. The van der Waals surface area contributed by atoms with E-state index in [4.69, 9.17) is 11.6 Å². The lowest BCUT2D eigenvalue weighted by Gasteiger charge is -2.19. The Balaban J connectivity index is 2.24. The SMILES string of the molecule is CN1N=CC(c2nn(C)c(=O)n(-c3ccc(Cl)cn3)c2=O)C(=O)C1=O. The second-order valence-corrected chi connectivity index (χ2v) is 5.64. The summed E-state index contributed by atoms with van der Waals surface area (Å²) in [6.07, 6.45) is 2.41. The largest absolute Gasteiger partial charge is 0.353 e. The van der Waals surface area contributed by atoms with Crippen molar-refractivity contribution in [1.29, 1.82) is 0 Å². The van der Waals surface area contributed by atoms with Crippen molar-refractivity contribution in [2.75, 3.05) is 7.05 Å². The van der Waals surface area contributed by atoms with Crippen LogP contribution in [0.15, 0.2) is 33.0 Å². The molecular weight excluding hydrogens is 352 g/mol. The molecule has 0 bridgehead atoms. The zero-order valence-electron chi connectivity index (χ0n) is 13.1. The molecule has 1 amide bonds. The van der Waals surface area contributed by atoms with Gasteiger partial charge in [0.1, 0.15) is 17.4 Å². The van der Waals surface area contributed by atoms with Crippen LogP contribution in [0.1, 0.15) is 11.6 Å². The van der Waals surface area contributed by atoms with Gasteiger partial charge in [-0.05, 0) is 12.1 Å². The predicted molar refractivity (Wildman–Crippen MR) is 86.9 cm³/mol. The molecule has 0 aliphatic carbocycles. The van der Waals surface area contributed by atoms with Gasteiger partial charge >= 0.3 is 11.6 Å². The van der Waals surface area contributed by atoms with Crippen LogP contribution >= 0.6 is 11.6 Å². The first-order valence-electron chi connectivity index (χ1n) is 6.99. The van der Waals surface area contributed by atoms with Crippen LogP contribution in [-0.4, -0.2) is 49.3 Å². The highest BCUT2D eigenvalue weighted by Gasteiger charge is 2.35. The summed E-state index contributed by atoms with van der Waals surface area (Å²) in [5.74, 6) is -3.00. The molecule has 10 nitrogen and oxygen atoms in total. The van der Waals surface area contributed by atoms with Gasteiger partial charge in [0, 0.05) is 26.5 Å². The number of ketones is 1. The van der Waals surface area contributed by atoms with E-state index in [9.17, 15) is 19.2 Å². The molecule has 25 heavy (non-hydrogen) atoms. The highest BCUT2D eigenvalue weighted by atomic mass is 35.5. The van der Waals surface area contributed by atoms with Crippen LogP contribution in [0.3, 0.4) is 0 Å². The third-order valence-electron chi connectivity index (χ3n) is 3.56. The van der Waals surface area contributed by atoms with Crippen LogP contribution < -0.4 is 11.2 Å². The van der Waals surface area contributed by atoms with Gasteiger partial charge in [0.15, 0.2) is 0 Å². The molecule has 0 saturated carbocycles. The van der Waals surface area contributed by atoms with Crippen LogP contribution in [0.25, 0.3) is 5.82 Å². The number of pyridine rings is 1. The van der Waals surface area contributed by atoms with Crippen molar-refractivity contribution in [3.8, 4) is 5.82 Å². The van der Waals surface area contributed by atoms with Crippen molar-refractivity contribution in [1.82, 2.24) is 24.3 Å². The van der Waals surface area contributed by atoms with Crippen LogP contribution in [0.5, 0.6) is 0 Å². The number of nitrogens with zero attached hydrogens (tertiary/aromatic N) is 6. The summed E-state index contributed by atoms with van der Waals surface area (Å²) in [6.45, 7) is 0. The van der Waals surface area contributed by atoms with Gasteiger partial charge in [-0.2, -0.15) is 10.2 Å². The number of halogens is 1. The number of likely N-dealkylation sites (N-methyl/N-ethyl adjacent to an activating group) is 1. The number of carbonyl (C=O) groups excluding carboxylic acids is 2. The average Bonchev–Trinajstić information content (AvgIpc) is 2.58. The minimum atomic E-state index is -1.28. The highest BCUT2D eigenvalue weighted by molar-refractivity contribution is 6.42. The third kappa shape index (κ3) is 2.76. The van der Waals surface area contributed by atoms with E-state index >= 15 is 0 Å². The predicted octanol–water partition coefficient (Wildman–Crippen LogP) is -0.910. The van der Waals surface area contributed by atoms with E-state index in [0.29, 0.717) is 5.02 Å². The summed E-state index contributed by atoms with van der Waals surface area (Å²) in [5, 5.41) is 8.79. The van der Waals surface area contributed by atoms with Gasteiger partial charge in [-0.1, -0.05) is 11.6 Å². The molecule has 2 aromatic rings. The number of amides is 1. The summed E-state index contributed by atoms with van der Waals surface area (Å²) in [5.41, 5.74) is -1.92. The van der Waals surface area contributed by atoms with Crippen LogP contribution in [-0.2, 0) is 16.6 Å². The number of aryl methyl sites for hydroxylation is 1. The molecule has 3 rings (SSSR count). The molecule has 0 fully saturated rings. The molecule has 1 aliphatic rings. The Morgan fingerprint density at radius 2 is 1.84 bits per heavy atom.